The van der Waals surface area contributed by atoms with E-state index in [1.165, 1.54) is 12.8 Å². The van der Waals surface area contributed by atoms with E-state index in [-0.39, 0.29) is 6.10 Å². The first kappa shape index (κ1) is 13.9. The molecular formula is C12H26N2O2. The molecule has 1 fully saturated rings. The van der Waals surface area contributed by atoms with Crippen molar-refractivity contribution in [1.29, 1.82) is 0 Å². The smallest absolute Gasteiger partial charge is 0.0709 e. The van der Waals surface area contributed by atoms with Crippen LogP contribution >= 0.6 is 0 Å². The maximum atomic E-state index is 9.15. The van der Waals surface area contributed by atoms with Crippen LogP contribution in [0.5, 0.6) is 0 Å². The average Bonchev–Trinajstić information content (AvgIpc) is 2.34. The van der Waals surface area contributed by atoms with E-state index in [1.54, 1.807) is 0 Å². The molecule has 0 aromatic heterocycles. The Balaban J connectivity index is 2.20. The predicted molar refractivity (Wildman–Crippen MR) is 65.3 cm³/mol. The lowest BCUT2D eigenvalue weighted by atomic mass is 9.99. The molecule has 1 rings (SSSR count). The van der Waals surface area contributed by atoms with E-state index in [9.17, 15) is 0 Å². The summed E-state index contributed by atoms with van der Waals surface area (Å²) in [5, 5.41) is 9.15. The summed E-state index contributed by atoms with van der Waals surface area (Å²) in [5.41, 5.74) is 5.64. The van der Waals surface area contributed by atoms with Crippen molar-refractivity contribution < 1.29 is 9.84 Å². The minimum Gasteiger partial charge on any atom is -0.396 e. The Bertz CT molecular complexity index is 178. The highest BCUT2D eigenvalue weighted by atomic mass is 16.5. The van der Waals surface area contributed by atoms with Crippen molar-refractivity contribution in [3.63, 3.8) is 0 Å². The largest absolute Gasteiger partial charge is 0.396 e. The van der Waals surface area contributed by atoms with E-state index in [2.05, 4.69) is 4.90 Å². The summed E-state index contributed by atoms with van der Waals surface area (Å²) < 4.78 is 5.53. The summed E-state index contributed by atoms with van der Waals surface area (Å²) in [6.07, 6.45) is 3.56. The molecule has 0 saturated carbocycles. The van der Waals surface area contributed by atoms with Gasteiger partial charge in [-0.25, -0.2) is 0 Å². The Morgan fingerprint density at radius 2 is 2.38 bits per heavy atom. The van der Waals surface area contributed by atoms with E-state index in [1.807, 2.05) is 6.92 Å². The fraction of sp³-hybridized carbons (Fsp3) is 1.00. The van der Waals surface area contributed by atoms with Gasteiger partial charge in [-0.2, -0.15) is 0 Å². The third-order valence-corrected chi connectivity index (χ3v) is 3.29. The van der Waals surface area contributed by atoms with Crippen LogP contribution in [0.1, 0.15) is 26.2 Å². The predicted octanol–water partition coefficient (Wildman–Crippen LogP) is 0.445. The summed E-state index contributed by atoms with van der Waals surface area (Å²) in [5.74, 6) is 0.470. The highest BCUT2D eigenvalue weighted by Gasteiger charge is 2.19. The Morgan fingerprint density at radius 3 is 3.00 bits per heavy atom. The molecular weight excluding hydrogens is 204 g/mol. The van der Waals surface area contributed by atoms with Crippen molar-refractivity contribution in [3.8, 4) is 0 Å². The van der Waals surface area contributed by atoms with Gasteiger partial charge in [0, 0.05) is 32.8 Å². The second-order valence-electron chi connectivity index (χ2n) is 4.59. The van der Waals surface area contributed by atoms with Crippen LogP contribution in [0.15, 0.2) is 0 Å². The van der Waals surface area contributed by atoms with E-state index < -0.39 is 0 Å². The molecule has 96 valence electrons. The van der Waals surface area contributed by atoms with Gasteiger partial charge in [-0.3, -0.25) is 0 Å². The summed E-state index contributed by atoms with van der Waals surface area (Å²) in [6, 6.07) is 0. The minimum absolute atomic E-state index is 0.194. The van der Waals surface area contributed by atoms with Gasteiger partial charge in [0.2, 0.25) is 0 Å². The van der Waals surface area contributed by atoms with Crippen molar-refractivity contribution in [2.24, 2.45) is 11.7 Å². The molecule has 1 heterocycles. The molecule has 3 N–H and O–H groups in total. The molecule has 16 heavy (non-hydrogen) atoms. The summed E-state index contributed by atoms with van der Waals surface area (Å²) in [4.78, 5) is 2.42. The van der Waals surface area contributed by atoms with Gasteiger partial charge in [0.15, 0.2) is 0 Å². The topological polar surface area (TPSA) is 58.7 Å². The Labute approximate surface area is 98.8 Å². The van der Waals surface area contributed by atoms with E-state index >= 15 is 0 Å². The first-order valence-electron chi connectivity index (χ1n) is 6.45. The number of aliphatic hydroxyl groups excluding tert-OH is 1. The number of likely N-dealkylation sites (tertiary alicyclic amines) is 1. The number of piperidine rings is 1. The number of aliphatic hydroxyl groups is 1. The van der Waals surface area contributed by atoms with Gasteiger partial charge in [0.1, 0.15) is 0 Å². The fourth-order valence-electron chi connectivity index (χ4n) is 2.33. The lowest BCUT2D eigenvalue weighted by Gasteiger charge is -2.32. The maximum absolute atomic E-state index is 9.15. The number of ether oxygens (including phenoxy) is 1. The normalized spacial score (nSPS) is 24.6. The zero-order valence-electron chi connectivity index (χ0n) is 10.4. The van der Waals surface area contributed by atoms with Gasteiger partial charge in [-0.05, 0) is 38.6 Å². The number of hydrogen-bond donors (Lipinski definition) is 2. The molecule has 1 saturated heterocycles. The van der Waals surface area contributed by atoms with Crippen LogP contribution in [0.2, 0.25) is 0 Å². The van der Waals surface area contributed by atoms with Crippen LogP contribution < -0.4 is 5.73 Å². The number of rotatable bonds is 7. The van der Waals surface area contributed by atoms with Gasteiger partial charge in [-0.1, -0.05) is 0 Å². The highest BCUT2D eigenvalue weighted by Crippen LogP contribution is 2.16. The van der Waals surface area contributed by atoms with Crippen molar-refractivity contribution >= 4 is 0 Å². The molecule has 0 spiro atoms. The zero-order valence-corrected chi connectivity index (χ0v) is 10.4. The third-order valence-electron chi connectivity index (χ3n) is 3.29. The number of hydrogen-bond acceptors (Lipinski definition) is 4. The number of nitrogens with zero attached hydrogens (tertiary/aromatic N) is 1. The van der Waals surface area contributed by atoms with Crippen molar-refractivity contribution in [2.75, 3.05) is 39.4 Å². The Morgan fingerprint density at radius 1 is 1.56 bits per heavy atom. The quantitative estimate of drug-likeness (QED) is 0.666. The zero-order chi connectivity index (χ0) is 11.8. The molecule has 0 aliphatic carbocycles. The van der Waals surface area contributed by atoms with Gasteiger partial charge < -0.3 is 20.5 Å². The summed E-state index contributed by atoms with van der Waals surface area (Å²) in [6.45, 7) is 6.89. The lowest BCUT2D eigenvalue weighted by molar-refractivity contribution is 0.0462. The summed E-state index contributed by atoms with van der Waals surface area (Å²) in [7, 11) is 0. The molecule has 4 nitrogen and oxygen atoms in total. The van der Waals surface area contributed by atoms with Crippen LogP contribution in [-0.4, -0.2) is 55.5 Å². The van der Waals surface area contributed by atoms with Crippen LogP contribution in [0.3, 0.4) is 0 Å². The van der Waals surface area contributed by atoms with Crippen molar-refractivity contribution in [1.82, 2.24) is 4.90 Å². The average molecular weight is 230 g/mol. The molecule has 0 amide bonds. The van der Waals surface area contributed by atoms with Crippen molar-refractivity contribution in [2.45, 2.75) is 32.3 Å². The summed E-state index contributed by atoms with van der Waals surface area (Å²) >= 11 is 0. The van der Waals surface area contributed by atoms with Gasteiger partial charge >= 0.3 is 0 Å². The molecule has 4 heteroatoms. The Kier molecular flexibility index (Phi) is 6.96. The Hall–Kier alpha value is -0.160. The van der Waals surface area contributed by atoms with Gasteiger partial charge in [-0.15, -0.1) is 0 Å². The molecule has 0 bridgehead atoms. The minimum atomic E-state index is 0.194. The third kappa shape index (κ3) is 4.78. The molecule has 2 atom stereocenters. The molecule has 0 aromatic carbocycles. The van der Waals surface area contributed by atoms with E-state index in [0.29, 0.717) is 19.1 Å². The SMILES string of the molecule is CCOC(CN)CCN1CCCC(CO)C1. The first-order chi connectivity index (χ1) is 7.80. The number of nitrogens with two attached hydrogens (primary N) is 1. The highest BCUT2D eigenvalue weighted by molar-refractivity contribution is 4.73. The van der Waals surface area contributed by atoms with Crippen LogP contribution in [-0.2, 0) is 4.74 Å². The molecule has 2 unspecified atom stereocenters. The van der Waals surface area contributed by atoms with E-state index in [4.69, 9.17) is 15.6 Å². The van der Waals surface area contributed by atoms with E-state index in [0.717, 1.165) is 32.7 Å². The molecule has 1 aliphatic rings. The second-order valence-corrected chi connectivity index (χ2v) is 4.59. The van der Waals surface area contributed by atoms with Crippen LogP contribution in [0.4, 0.5) is 0 Å². The van der Waals surface area contributed by atoms with Crippen molar-refractivity contribution in [3.05, 3.63) is 0 Å². The molecule has 1 aliphatic heterocycles. The first-order valence-corrected chi connectivity index (χ1v) is 6.45. The standard InChI is InChI=1S/C12H26N2O2/c1-2-16-12(8-13)5-7-14-6-3-4-11(9-14)10-15/h11-12,15H,2-10,13H2,1H3. The monoisotopic (exact) mass is 230 g/mol. The lowest BCUT2D eigenvalue weighted by Crippen LogP contribution is -2.39. The second kappa shape index (κ2) is 8.01. The van der Waals surface area contributed by atoms with Gasteiger partial charge in [0.25, 0.3) is 0 Å². The van der Waals surface area contributed by atoms with Crippen LogP contribution in [0.25, 0.3) is 0 Å². The fourth-order valence-corrected chi connectivity index (χ4v) is 2.33. The van der Waals surface area contributed by atoms with Gasteiger partial charge in [0.05, 0.1) is 6.10 Å². The molecule has 0 aromatic rings. The molecule has 0 radical (unpaired) electrons. The van der Waals surface area contributed by atoms with Crippen LogP contribution in [0, 0.1) is 5.92 Å². The maximum Gasteiger partial charge on any atom is 0.0709 e.